The molecule has 3 saturated carbocycles. The molecule has 4 aliphatic carbocycles. The number of aliphatic hydroxyl groups is 2. The van der Waals surface area contributed by atoms with Crippen LogP contribution in [0.2, 0.25) is 0 Å². The van der Waals surface area contributed by atoms with Gasteiger partial charge >= 0.3 is 11.9 Å². The van der Waals surface area contributed by atoms with E-state index in [1.807, 2.05) is 6.92 Å². The Labute approximate surface area is 316 Å². The number of fused-ring (bicyclic) bond motifs is 5. The molecule has 1 aromatic rings. The highest BCUT2D eigenvalue weighted by atomic mass is 16.5. The van der Waals surface area contributed by atoms with Crippen LogP contribution in [0.1, 0.15) is 98.0 Å². The second kappa shape index (κ2) is 16.3. The summed E-state index contributed by atoms with van der Waals surface area (Å²) < 4.78 is 10.4. The second-order valence-electron chi connectivity index (χ2n) is 16.5. The van der Waals surface area contributed by atoms with Crippen molar-refractivity contribution in [2.75, 3.05) is 13.2 Å². The van der Waals surface area contributed by atoms with Crippen molar-refractivity contribution < 1.29 is 53.6 Å². The summed E-state index contributed by atoms with van der Waals surface area (Å²) in [4.78, 5) is 77.5. The lowest BCUT2D eigenvalue weighted by Gasteiger charge is -2.60. The molecule has 5 rings (SSSR count). The minimum absolute atomic E-state index is 0.0262. The number of hydrogen-bond acceptors (Lipinski definition) is 11. The largest absolute Gasteiger partial charge is 0.508 e. The van der Waals surface area contributed by atoms with Crippen LogP contribution in [0.25, 0.3) is 0 Å². The number of Topliss-reactive ketones (excluding diaryl/α,β-unsaturated/α-hetero) is 1. The van der Waals surface area contributed by atoms with Gasteiger partial charge in [0, 0.05) is 24.7 Å². The van der Waals surface area contributed by atoms with Crippen molar-refractivity contribution in [3.8, 4) is 5.75 Å². The Morgan fingerprint density at radius 1 is 0.963 bits per heavy atom. The predicted molar refractivity (Wildman–Crippen MR) is 195 cm³/mol. The molecule has 4 aliphatic rings. The Kier molecular flexibility index (Phi) is 12.4. The number of amides is 2. The third-order valence-electron chi connectivity index (χ3n) is 13.0. The van der Waals surface area contributed by atoms with E-state index in [0.29, 0.717) is 24.8 Å². The van der Waals surface area contributed by atoms with Crippen molar-refractivity contribution in [2.24, 2.45) is 34.5 Å². The molecule has 2 amide bonds. The van der Waals surface area contributed by atoms with E-state index < -0.39 is 65.3 Å². The molecule has 0 radical (unpaired) electrons. The third-order valence-corrected chi connectivity index (χ3v) is 13.0. The fourth-order valence-corrected chi connectivity index (χ4v) is 10.0. The number of ether oxygens (including phenoxy) is 2. The summed E-state index contributed by atoms with van der Waals surface area (Å²) >= 11 is 0. The van der Waals surface area contributed by atoms with Gasteiger partial charge in [0.25, 0.3) is 0 Å². The molecule has 0 aliphatic heterocycles. The fraction of sp³-hybridized carbons (Fsp3) is 0.659. The highest BCUT2D eigenvalue weighted by Crippen LogP contribution is 2.67. The van der Waals surface area contributed by atoms with Crippen molar-refractivity contribution in [2.45, 2.75) is 123 Å². The standard InChI is InChI=1S/C41H56N2O11/c1-6-53-38(51)30(19-24-7-10-26(44)11-8-24)42-37(50)36(23(2)3)43-33(48)13-14-34(49)54-22-32(47)41(52)18-16-29-28-12-9-25-20-27(45)15-17-39(25,4)35(28)31(46)21-40(29,41)5/h7-8,10-11,20,23,28-31,35-36,44,46,52H,6,9,12-19,21-22H2,1-5H3,(H,42,50)(H,43,48)/t28?,29?,30?,31?,35?,36?,39-,40-,41-/m0/s1. The molecular weight excluding hydrogens is 696 g/mol. The molecule has 0 bridgehead atoms. The van der Waals surface area contributed by atoms with Gasteiger partial charge in [0.15, 0.2) is 12.4 Å². The van der Waals surface area contributed by atoms with Crippen LogP contribution in [0, 0.1) is 34.5 Å². The summed E-state index contributed by atoms with van der Waals surface area (Å²) in [6, 6.07) is 4.06. The van der Waals surface area contributed by atoms with Crippen molar-refractivity contribution >= 4 is 35.3 Å². The van der Waals surface area contributed by atoms with Crippen LogP contribution in [0.5, 0.6) is 5.75 Å². The second-order valence-corrected chi connectivity index (χ2v) is 16.5. The first-order valence-electron chi connectivity index (χ1n) is 19.3. The van der Waals surface area contributed by atoms with E-state index >= 15 is 0 Å². The maximum atomic E-state index is 13.6. The normalized spacial score (nSPS) is 31.2. The van der Waals surface area contributed by atoms with Crippen LogP contribution in [0.3, 0.4) is 0 Å². The molecule has 5 N–H and O–H groups in total. The number of carbonyl (C=O) groups is 6. The smallest absolute Gasteiger partial charge is 0.328 e. The molecule has 6 unspecified atom stereocenters. The van der Waals surface area contributed by atoms with Gasteiger partial charge in [-0.2, -0.15) is 0 Å². The topological polar surface area (TPSA) is 206 Å². The number of rotatable bonds is 14. The lowest BCUT2D eigenvalue weighted by Crippen LogP contribution is -2.62. The molecule has 3 fully saturated rings. The van der Waals surface area contributed by atoms with Crippen LogP contribution in [0.4, 0.5) is 0 Å². The molecule has 0 spiro atoms. The molecule has 13 heteroatoms. The van der Waals surface area contributed by atoms with Crippen molar-refractivity contribution in [3.63, 3.8) is 0 Å². The van der Waals surface area contributed by atoms with E-state index in [2.05, 4.69) is 17.6 Å². The van der Waals surface area contributed by atoms with E-state index in [1.54, 1.807) is 39.0 Å². The Morgan fingerprint density at radius 2 is 1.67 bits per heavy atom. The van der Waals surface area contributed by atoms with Gasteiger partial charge in [-0.25, -0.2) is 4.79 Å². The number of ketones is 2. The number of allylic oxidation sites excluding steroid dienone is 1. The maximum Gasteiger partial charge on any atom is 0.328 e. The van der Waals surface area contributed by atoms with Crippen LogP contribution in [0.15, 0.2) is 35.9 Å². The zero-order valence-corrected chi connectivity index (χ0v) is 32.0. The van der Waals surface area contributed by atoms with Gasteiger partial charge in [-0.1, -0.05) is 45.4 Å². The first-order chi connectivity index (χ1) is 25.4. The van der Waals surface area contributed by atoms with Crippen molar-refractivity contribution in [3.05, 3.63) is 41.5 Å². The van der Waals surface area contributed by atoms with E-state index in [1.165, 1.54) is 12.1 Å². The summed E-state index contributed by atoms with van der Waals surface area (Å²) in [6.07, 6.45) is 4.00. The van der Waals surface area contributed by atoms with Gasteiger partial charge in [-0.3, -0.25) is 24.0 Å². The third kappa shape index (κ3) is 8.12. The number of carbonyl (C=O) groups excluding carboxylic acids is 6. The first-order valence-corrected chi connectivity index (χ1v) is 19.3. The maximum absolute atomic E-state index is 13.6. The number of phenolic OH excluding ortho intramolecular Hbond substituents is 1. The average molecular weight is 753 g/mol. The van der Waals surface area contributed by atoms with E-state index in [9.17, 15) is 44.1 Å². The monoisotopic (exact) mass is 752 g/mol. The van der Waals surface area contributed by atoms with Crippen LogP contribution >= 0.6 is 0 Å². The van der Waals surface area contributed by atoms with Gasteiger partial charge in [-0.15, -0.1) is 0 Å². The van der Waals surface area contributed by atoms with Gasteiger partial charge in [0.2, 0.25) is 17.6 Å². The minimum atomic E-state index is -1.80. The number of aromatic hydroxyl groups is 1. The van der Waals surface area contributed by atoms with Gasteiger partial charge in [0.05, 0.1) is 19.1 Å². The zero-order chi connectivity index (χ0) is 39.6. The zero-order valence-electron chi connectivity index (χ0n) is 32.0. The first kappa shape index (κ1) is 41.1. The molecule has 0 aromatic heterocycles. The molecule has 13 nitrogen and oxygen atoms in total. The number of hydrogen-bond donors (Lipinski definition) is 5. The van der Waals surface area contributed by atoms with Gasteiger partial charge < -0.3 is 35.4 Å². The summed E-state index contributed by atoms with van der Waals surface area (Å²) in [5.74, 6) is -3.58. The summed E-state index contributed by atoms with van der Waals surface area (Å²) in [7, 11) is 0. The Hall–Kier alpha value is -4.10. The number of esters is 2. The number of benzene rings is 1. The molecule has 296 valence electrons. The summed E-state index contributed by atoms with van der Waals surface area (Å²) in [6.45, 7) is 8.49. The highest BCUT2D eigenvalue weighted by molar-refractivity contribution is 5.93. The molecule has 54 heavy (non-hydrogen) atoms. The quantitative estimate of drug-likeness (QED) is 0.175. The lowest BCUT2D eigenvalue weighted by molar-refractivity contribution is -0.184. The average Bonchev–Trinajstić information content (AvgIpc) is 3.39. The van der Waals surface area contributed by atoms with Crippen LogP contribution < -0.4 is 10.6 Å². The number of aliphatic hydroxyl groups excluding tert-OH is 1. The SMILES string of the molecule is CCOC(=O)C(Cc1ccc(O)cc1)NC(=O)C(NC(=O)CCC(=O)OCC(=O)[C@@]1(O)CCC2C3CCC4=CC(=O)CC[C@]4(C)C3C(O)C[C@@]21C)C(C)C. The molecule has 0 saturated heterocycles. The van der Waals surface area contributed by atoms with E-state index in [0.717, 1.165) is 18.4 Å². The molecule has 0 heterocycles. The Balaban J connectivity index is 1.14. The molecular formula is C41H56N2O11. The number of phenols is 1. The van der Waals surface area contributed by atoms with Crippen LogP contribution in [-0.2, 0) is 44.7 Å². The summed E-state index contributed by atoms with van der Waals surface area (Å²) in [5, 5.41) is 38.5. The Morgan fingerprint density at radius 3 is 2.33 bits per heavy atom. The number of nitrogens with one attached hydrogen (secondary N) is 2. The summed E-state index contributed by atoms with van der Waals surface area (Å²) in [5.41, 5.74) is -1.27. The predicted octanol–water partition coefficient (Wildman–Crippen LogP) is 3.25. The molecule has 1 aromatic carbocycles. The minimum Gasteiger partial charge on any atom is -0.508 e. The highest BCUT2D eigenvalue weighted by Gasteiger charge is 2.68. The van der Waals surface area contributed by atoms with Gasteiger partial charge in [-0.05, 0) is 98.3 Å². The molecule has 9 atom stereocenters. The van der Waals surface area contributed by atoms with Gasteiger partial charge in [0.1, 0.15) is 23.4 Å². The van der Waals surface area contributed by atoms with Crippen molar-refractivity contribution in [1.29, 1.82) is 0 Å². The van der Waals surface area contributed by atoms with Crippen LogP contribution in [-0.4, -0.2) is 87.6 Å². The fourth-order valence-electron chi connectivity index (χ4n) is 10.0. The van der Waals surface area contributed by atoms with E-state index in [4.69, 9.17) is 9.47 Å². The Bertz CT molecular complexity index is 1660. The van der Waals surface area contributed by atoms with Crippen molar-refractivity contribution in [1.82, 2.24) is 10.6 Å². The lowest BCUT2D eigenvalue weighted by atomic mass is 9.45. The van der Waals surface area contributed by atoms with E-state index in [-0.39, 0.29) is 79.3 Å².